The summed E-state index contributed by atoms with van der Waals surface area (Å²) in [6.45, 7) is 0.820. The number of aliphatic carboxylic acids is 2. The molecule has 0 bridgehead atoms. The average molecular weight is 903 g/mol. The Kier molecular flexibility index (Phi) is 14.8. The van der Waals surface area contributed by atoms with E-state index in [1.807, 2.05) is 0 Å². The van der Waals surface area contributed by atoms with Crippen LogP contribution in [0.15, 0.2) is 58.1 Å². The first-order chi connectivity index (χ1) is 31.1. The third kappa shape index (κ3) is 12.7. The largest absolute Gasteiger partial charge is 0.480 e. The van der Waals surface area contributed by atoms with Gasteiger partial charge in [0.15, 0.2) is 11.6 Å². The lowest BCUT2D eigenvalue weighted by atomic mass is 10.1. The minimum Gasteiger partial charge on any atom is -0.480 e. The van der Waals surface area contributed by atoms with Gasteiger partial charge in [-0.15, -0.1) is 0 Å². The molecule has 0 radical (unpaired) electrons. The van der Waals surface area contributed by atoms with Crippen molar-refractivity contribution in [1.82, 2.24) is 30.6 Å². The molecule has 2 aromatic carbocycles. The van der Waals surface area contributed by atoms with E-state index in [1.54, 1.807) is 24.3 Å². The van der Waals surface area contributed by atoms with Crippen molar-refractivity contribution in [3.05, 3.63) is 80.4 Å². The number of aromatic amines is 2. The number of carbonyl (C=O) groups excluding carboxylic acids is 4. The Morgan fingerprint density at radius 2 is 1.03 bits per heavy atom. The number of fused-ring (bicyclic) bond motifs is 2. The van der Waals surface area contributed by atoms with E-state index in [0.717, 1.165) is 0 Å². The topological polar surface area (TPSA) is 401 Å². The number of rotatable bonds is 20. The first kappa shape index (κ1) is 45.9. The molecule has 6 rings (SSSR count). The zero-order chi connectivity index (χ0) is 46.6. The third-order valence-corrected chi connectivity index (χ3v) is 9.92. The Labute approximate surface area is 367 Å². The molecule has 4 aromatic rings. The van der Waals surface area contributed by atoms with Crippen molar-refractivity contribution in [2.45, 2.75) is 49.9 Å². The Bertz CT molecular complexity index is 2360. The van der Waals surface area contributed by atoms with Crippen molar-refractivity contribution < 1.29 is 48.5 Å². The quantitative estimate of drug-likeness (QED) is 0.0386. The third-order valence-electron chi connectivity index (χ3n) is 9.92. The Morgan fingerprint density at radius 1 is 0.646 bits per heavy atom. The maximum absolute atomic E-state index is 12.8. The van der Waals surface area contributed by atoms with E-state index >= 15 is 0 Å². The summed E-state index contributed by atoms with van der Waals surface area (Å²) in [6, 6.07) is 9.00. The van der Waals surface area contributed by atoms with Crippen LogP contribution >= 0.6 is 0 Å². The van der Waals surface area contributed by atoms with E-state index in [4.69, 9.17) is 20.9 Å². The maximum atomic E-state index is 12.8. The summed E-state index contributed by atoms with van der Waals surface area (Å²) in [5.41, 5.74) is 12.4. The van der Waals surface area contributed by atoms with Crippen molar-refractivity contribution in [2.24, 2.45) is 0 Å². The Morgan fingerprint density at radius 3 is 1.40 bits per heavy atom. The summed E-state index contributed by atoms with van der Waals surface area (Å²) < 4.78 is 9.71. The molecule has 344 valence electrons. The molecule has 2 aliphatic heterocycles. The lowest BCUT2D eigenvalue weighted by molar-refractivity contribution is -0.167. The SMILES string of the molecule is Nc1nc2c(c(=O)[nH]1)N[C@H](CNc1ccc(C(=O)NC(CCC(=O)OCOC(=O)CCC(NC(=O)c3ccc(NC[C@@H]4CNc5nc(N)[nH]c(=O)c5N4)cc3)C(=O)O)C(=O)O)cc1)CN2. The zero-order valence-corrected chi connectivity index (χ0v) is 34.3. The van der Waals surface area contributed by atoms with Crippen LogP contribution in [-0.2, 0) is 28.7 Å². The Balaban J connectivity index is 0.856. The normalized spacial score (nSPS) is 15.6. The first-order valence-electron chi connectivity index (χ1n) is 20.0. The average Bonchev–Trinajstić information content (AvgIpc) is 3.27. The second-order valence-corrected chi connectivity index (χ2v) is 14.7. The van der Waals surface area contributed by atoms with Gasteiger partial charge in [-0.2, -0.15) is 9.97 Å². The van der Waals surface area contributed by atoms with Crippen molar-refractivity contribution in [2.75, 3.05) is 76.3 Å². The van der Waals surface area contributed by atoms with Crippen LogP contribution in [0.5, 0.6) is 0 Å². The molecule has 2 aliphatic rings. The molecule has 4 atom stereocenters. The summed E-state index contributed by atoms with van der Waals surface area (Å²) >= 11 is 0. The van der Waals surface area contributed by atoms with E-state index in [-0.39, 0.29) is 59.3 Å². The molecule has 0 spiro atoms. The molecule has 26 nitrogen and oxygen atoms in total. The minimum atomic E-state index is -1.47. The van der Waals surface area contributed by atoms with E-state index in [1.165, 1.54) is 24.3 Å². The fraction of sp³-hybridized carbons (Fsp3) is 0.333. The van der Waals surface area contributed by atoms with Crippen molar-refractivity contribution in [1.29, 1.82) is 0 Å². The molecule has 65 heavy (non-hydrogen) atoms. The summed E-state index contributed by atoms with van der Waals surface area (Å²) in [4.78, 5) is 111. The van der Waals surface area contributed by atoms with Crippen LogP contribution in [0.25, 0.3) is 0 Å². The number of hydrogen-bond donors (Lipinski definition) is 14. The number of nitrogen functional groups attached to an aromatic ring is 2. The van der Waals surface area contributed by atoms with Gasteiger partial charge in [0, 0.05) is 61.5 Å². The van der Waals surface area contributed by atoms with Crippen LogP contribution in [0.1, 0.15) is 46.4 Å². The number of H-pyrrole nitrogens is 2. The van der Waals surface area contributed by atoms with E-state index in [0.29, 0.717) is 49.2 Å². The van der Waals surface area contributed by atoms with E-state index < -0.39 is 78.5 Å². The number of carboxylic acid groups (broad SMARTS) is 2. The number of anilines is 8. The molecule has 0 aliphatic carbocycles. The summed E-state index contributed by atoms with van der Waals surface area (Å²) in [7, 11) is 0. The highest BCUT2D eigenvalue weighted by Gasteiger charge is 2.26. The zero-order valence-electron chi connectivity index (χ0n) is 34.3. The van der Waals surface area contributed by atoms with Gasteiger partial charge in [-0.25, -0.2) is 9.59 Å². The smallest absolute Gasteiger partial charge is 0.326 e. The number of benzene rings is 2. The molecule has 4 heterocycles. The number of amides is 2. The van der Waals surface area contributed by atoms with E-state index in [2.05, 4.69) is 62.5 Å². The van der Waals surface area contributed by atoms with Crippen LogP contribution in [0.4, 0.5) is 46.3 Å². The number of esters is 2. The Hall–Kier alpha value is -8.58. The van der Waals surface area contributed by atoms with Crippen molar-refractivity contribution >= 4 is 82.0 Å². The maximum Gasteiger partial charge on any atom is 0.326 e. The highest BCUT2D eigenvalue weighted by atomic mass is 16.7. The number of nitrogens with one attached hydrogen (secondary N) is 10. The lowest BCUT2D eigenvalue weighted by Gasteiger charge is -2.27. The highest BCUT2D eigenvalue weighted by molar-refractivity contribution is 5.97. The molecular weight excluding hydrogens is 857 g/mol. The predicted octanol–water partition coefficient (Wildman–Crippen LogP) is -0.676. The second kappa shape index (κ2) is 21.0. The van der Waals surface area contributed by atoms with Gasteiger partial charge in [0.1, 0.15) is 23.5 Å². The number of carbonyl (C=O) groups is 6. The van der Waals surface area contributed by atoms with Gasteiger partial charge < -0.3 is 73.7 Å². The van der Waals surface area contributed by atoms with Gasteiger partial charge in [-0.3, -0.25) is 38.7 Å². The lowest BCUT2D eigenvalue weighted by Crippen LogP contribution is -2.41. The van der Waals surface area contributed by atoms with Gasteiger partial charge in [0.25, 0.3) is 22.9 Å². The molecular formula is C39H46N14O12. The summed E-state index contributed by atoms with van der Waals surface area (Å²) in [6.07, 6.45) is -1.64. The highest BCUT2D eigenvalue weighted by Crippen LogP contribution is 2.22. The van der Waals surface area contributed by atoms with Crippen LogP contribution < -0.4 is 65.1 Å². The molecule has 0 saturated heterocycles. The fourth-order valence-electron chi connectivity index (χ4n) is 6.49. The van der Waals surface area contributed by atoms with Gasteiger partial charge in [-0.1, -0.05) is 0 Å². The molecule has 0 saturated carbocycles. The van der Waals surface area contributed by atoms with Gasteiger partial charge in [0.05, 0.1) is 12.1 Å². The summed E-state index contributed by atoms with van der Waals surface area (Å²) in [5, 5.41) is 42.7. The van der Waals surface area contributed by atoms with Gasteiger partial charge in [0.2, 0.25) is 18.7 Å². The summed E-state index contributed by atoms with van der Waals surface area (Å²) in [5.74, 6) is -5.44. The fourth-order valence-corrected chi connectivity index (χ4v) is 6.49. The molecule has 2 unspecified atom stereocenters. The molecule has 0 fully saturated rings. The monoisotopic (exact) mass is 902 g/mol. The molecule has 2 aromatic heterocycles. The number of aromatic nitrogens is 4. The molecule has 26 heteroatoms. The van der Waals surface area contributed by atoms with Crippen LogP contribution in [0, 0.1) is 0 Å². The van der Waals surface area contributed by atoms with E-state index in [9.17, 15) is 48.6 Å². The number of hydrogen-bond acceptors (Lipinski definition) is 20. The second-order valence-electron chi connectivity index (χ2n) is 14.7. The van der Waals surface area contributed by atoms with Crippen LogP contribution in [0.2, 0.25) is 0 Å². The minimum absolute atomic E-state index is 0.00873. The molecule has 16 N–H and O–H groups in total. The predicted molar refractivity (Wildman–Crippen MR) is 234 cm³/mol. The van der Waals surface area contributed by atoms with Gasteiger partial charge >= 0.3 is 23.9 Å². The first-order valence-corrected chi connectivity index (χ1v) is 20.0. The van der Waals surface area contributed by atoms with Crippen LogP contribution in [0.3, 0.4) is 0 Å². The van der Waals surface area contributed by atoms with Crippen molar-refractivity contribution in [3.8, 4) is 0 Å². The number of nitrogens with zero attached hydrogens (tertiary/aromatic N) is 2. The number of ether oxygens (including phenoxy) is 2. The van der Waals surface area contributed by atoms with Gasteiger partial charge in [-0.05, 0) is 61.4 Å². The number of nitrogens with two attached hydrogens (primary N) is 2. The molecule has 2 amide bonds. The van der Waals surface area contributed by atoms with Crippen molar-refractivity contribution in [3.63, 3.8) is 0 Å². The standard InChI is InChI=1S/C39H46N14O12/c40-38-50-30-28(34(58)52-38)46-22(15-44-30)13-42-20-5-1-18(2-6-20)32(56)48-24(36(60)61)9-11-26(54)64-17-65-27(55)12-10-25(37(62)63)49-33(57)19-3-7-21(8-4-19)43-14-23-16-45-31-29(47-23)35(59)53-39(41)51-31/h1-8,22-25,42-43,46-47H,9-17H2,(H,48,56)(H,49,57)(H,60,61)(H,62,63)(H4,40,44,50,52,58)(H4,41,45,51,53,59)/t22-,23-,24?,25?/m1/s1. The number of carboxylic acids is 2. The van der Waals surface area contributed by atoms with Crippen LogP contribution in [-0.4, -0.2) is 123 Å².